The summed E-state index contributed by atoms with van der Waals surface area (Å²) < 4.78 is 72.2. The first-order valence-electron chi connectivity index (χ1n) is 8.45. The standard InChI is InChI=1S/2C9H8F3N3O.Ni/c2*1-6(9(10,11)12)14-15-8(16)7-2-4-13-5-3-7;/h2*2-5H,1H3,(H,15,16);/q;;+2/p+2. The van der Waals surface area contributed by atoms with E-state index in [1.807, 2.05) is 0 Å². The molecular weight excluding hydrogens is 505 g/mol. The zero-order valence-corrected chi connectivity index (χ0v) is 17.9. The number of nitrogens with zero attached hydrogens (tertiary/aromatic N) is 6. The number of rotatable bonds is 4. The minimum Gasteiger partial charge on any atom is -0.577 e. The maximum Gasteiger partial charge on any atom is 2.00 e. The molecule has 0 radical (unpaired) electrons. The topological polar surface area (TPSA) is 121 Å². The van der Waals surface area contributed by atoms with Gasteiger partial charge < -0.3 is 10.2 Å². The molecule has 0 aliphatic rings. The van der Waals surface area contributed by atoms with E-state index in [1.54, 1.807) is 0 Å². The third-order valence-corrected chi connectivity index (χ3v) is 3.33. The molecule has 4 N–H and O–H groups in total. The number of aromatic nitrogens is 2. The van der Waals surface area contributed by atoms with E-state index >= 15 is 0 Å². The maximum absolute atomic E-state index is 12.0. The van der Waals surface area contributed by atoms with Crippen molar-refractivity contribution in [2.45, 2.75) is 26.2 Å². The number of halogens is 6. The van der Waals surface area contributed by atoms with Crippen molar-refractivity contribution in [1.82, 2.24) is 9.97 Å². The summed E-state index contributed by atoms with van der Waals surface area (Å²) in [6.45, 7) is 1.59. The molecular formula is C18H18F6N6NiO2+4. The second-order valence-electron chi connectivity index (χ2n) is 5.74. The SMILES string of the molecule is CC(=NN=C([OH2+])c1ccncc1)C(F)(F)F.CC(=NN=C([OH2+])c1ccncc1)C(F)(F)F.[Ni+2]. The third kappa shape index (κ3) is 11.2. The Balaban J connectivity index is 0.000000602. The molecule has 0 spiro atoms. The average Bonchev–Trinajstić information content (AvgIpc) is 2.75. The van der Waals surface area contributed by atoms with Crippen LogP contribution in [0.15, 0.2) is 69.5 Å². The van der Waals surface area contributed by atoms with Crippen molar-refractivity contribution in [2.75, 3.05) is 0 Å². The molecule has 2 heterocycles. The Labute approximate surface area is 193 Å². The molecule has 0 aromatic carbocycles. The Morgan fingerprint density at radius 3 is 1.15 bits per heavy atom. The summed E-state index contributed by atoms with van der Waals surface area (Å²) in [5.74, 6) is -0.683. The van der Waals surface area contributed by atoms with E-state index in [9.17, 15) is 26.3 Å². The van der Waals surface area contributed by atoms with Crippen molar-refractivity contribution in [3.8, 4) is 0 Å². The number of alkyl halides is 6. The van der Waals surface area contributed by atoms with Crippen LogP contribution in [0.25, 0.3) is 0 Å². The summed E-state index contributed by atoms with van der Waals surface area (Å²) in [6.07, 6.45) is -3.36. The van der Waals surface area contributed by atoms with Gasteiger partial charge in [-0.3, -0.25) is 9.97 Å². The smallest absolute Gasteiger partial charge is 0.577 e. The number of hydrogen-bond acceptors (Lipinski definition) is 6. The Kier molecular flexibility index (Phi) is 11.9. The van der Waals surface area contributed by atoms with E-state index in [2.05, 4.69) is 30.4 Å². The van der Waals surface area contributed by atoms with Crippen LogP contribution >= 0.6 is 0 Å². The molecule has 2 aromatic rings. The van der Waals surface area contributed by atoms with E-state index in [0.717, 1.165) is 13.8 Å². The predicted molar refractivity (Wildman–Crippen MR) is 107 cm³/mol. The fourth-order valence-electron chi connectivity index (χ4n) is 1.50. The van der Waals surface area contributed by atoms with Gasteiger partial charge in [-0.25, -0.2) is 0 Å². The average molecular weight is 523 g/mol. The van der Waals surface area contributed by atoms with Gasteiger partial charge in [0.1, 0.15) is 11.4 Å². The Bertz CT molecular complexity index is 911. The summed E-state index contributed by atoms with van der Waals surface area (Å²) in [4.78, 5) is 7.42. The van der Waals surface area contributed by atoms with Gasteiger partial charge >= 0.3 is 40.6 Å². The van der Waals surface area contributed by atoms with Crippen LogP contribution in [0.5, 0.6) is 0 Å². The zero-order chi connectivity index (χ0) is 24.4. The molecule has 0 amide bonds. The van der Waals surface area contributed by atoms with E-state index in [-0.39, 0.29) is 28.3 Å². The summed E-state index contributed by atoms with van der Waals surface area (Å²) in [5.41, 5.74) is -1.47. The molecule has 2 aromatic heterocycles. The number of pyridine rings is 2. The first-order chi connectivity index (χ1) is 14.8. The molecule has 0 aliphatic heterocycles. The van der Waals surface area contributed by atoms with Gasteiger partial charge in [-0.1, -0.05) is 10.2 Å². The fourth-order valence-corrected chi connectivity index (χ4v) is 1.50. The monoisotopic (exact) mass is 522 g/mol. The van der Waals surface area contributed by atoms with Gasteiger partial charge in [-0.2, -0.15) is 26.3 Å². The molecule has 0 bridgehead atoms. The van der Waals surface area contributed by atoms with Gasteiger partial charge in [0.05, 0.1) is 11.1 Å². The summed E-state index contributed by atoms with van der Waals surface area (Å²) in [7, 11) is 0. The molecule has 0 saturated carbocycles. The molecule has 0 fully saturated rings. The number of hydrogen-bond donors (Lipinski definition) is 0. The summed E-state index contributed by atoms with van der Waals surface area (Å²) >= 11 is 0. The molecule has 0 atom stereocenters. The Morgan fingerprint density at radius 1 is 0.636 bits per heavy atom. The van der Waals surface area contributed by atoms with Crippen LogP contribution in [0.3, 0.4) is 0 Å². The molecule has 0 aliphatic carbocycles. The first kappa shape index (κ1) is 29.7. The van der Waals surface area contributed by atoms with E-state index < -0.39 is 23.8 Å². The molecule has 8 nitrogen and oxygen atoms in total. The molecule has 0 unspecified atom stereocenters. The molecule has 180 valence electrons. The van der Waals surface area contributed by atoms with Crippen molar-refractivity contribution in [1.29, 1.82) is 0 Å². The van der Waals surface area contributed by atoms with Gasteiger partial charge in [-0.05, 0) is 38.1 Å². The van der Waals surface area contributed by atoms with Crippen LogP contribution in [0.4, 0.5) is 26.3 Å². The summed E-state index contributed by atoms with van der Waals surface area (Å²) in [6, 6.07) is 5.85. The van der Waals surface area contributed by atoms with Crippen molar-refractivity contribution >= 4 is 23.2 Å². The largest absolute Gasteiger partial charge is 2.00 e. The molecule has 15 heteroatoms. The minimum atomic E-state index is -4.51. The van der Waals surface area contributed by atoms with Crippen LogP contribution in [0.1, 0.15) is 25.0 Å². The van der Waals surface area contributed by atoms with Gasteiger partial charge in [0, 0.05) is 24.8 Å². The van der Waals surface area contributed by atoms with Crippen LogP contribution in [-0.4, -0.2) is 55.8 Å². The van der Waals surface area contributed by atoms with Crippen molar-refractivity contribution in [3.63, 3.8) is 0 Å². The van der Waals surface area contributed by atoms with Crippen molar-refractivity contribution < 1.29 is 53.0 Å². The van der Waals surface area contributed by atoms with Gasteiger partial charge in [0.15, 0.2) is 0 Å². The third-order valence-electron chi connectivity index (χ3n) is 3.33. The van der Waals surface area contributed by atoms with Crippen LogP contribution in [-0.2, 0) is 16.5 Å². The molecule has 0 saturated heterocycles. The summed E-state index contributed by atoms with van der Waals surface area (Å²) in [5, 5.41) is 27.0. The maximum atomic E-state index is 12.0. The van der Waals surface area contributed by atoms with Crippen molar-refractivity contribution in [2.24, 2.45) is 20.4 Å². The zero-order valence-electron chi connectivity index (χ0n) is 16.9. The quantitative estimate of drug-likeness (QED) is 0.153. The van der Waals surface area contributed by atoms with Gasteiger partial charge in [0.25, 0.3) is 0 Å². The van der Waals surface area contributed by atoms with Crippen LogP contribution in [0.2, 0.25) is 0 Å². The minimum absolute atomic E-state index is 0. The second-order valence-corrected chi connectivity index (χ2v) is 5.74. The Hall–Kier alpha value is -3.35. The van der Waals surface area contributed by atoms with Gasteiger partial charge in [0.2, 0.25) is 0 Å². The van der Waals surface area contributed by atoms with E-state index in [4.69, 9.17) is 10.2 Å². The van der Waals surface area contributed by atoms with Crippen LogP contribution in [0, 0.1) is 0 Å². The van der Waals surface area contributed by atoms with Crippen LogP contribution < -0.4 is 0 Å². The fraction of sp³-hybridized carbons (Fsp3) is 0.222. The normalized spacial score (nSPS) is 13.6. The van der Waals surface area contributed by atoms with Crippen molar-refractivity contribution in [3.05, 3.63) is 60.2 Å². The van der Waals surface area contributed by atoms with E-state index in [0.29, 0.717) is 11.1 Å². The molecule has 33 heavy (non-hydrogen) atoms. The Morgan fingerprint density at radius 2 is 0.909 bits per heavy atom. The second kappa shape index (κ2) is 13.3. The van der Waals surface area contributed by atoms with E-state index in [1.165, 1.54) is 49.1 Å². The molecule has 2 rings (SSSR count). The van der Waals surface area contributed by atoms with Gasteiger partial charge in [-0.15, -0.1) is 10.2 Å². The first-order valence-corrected chi connectivity index (χ1v) is 8.45. The predicted octanol–water partition coefficient (Wildman–Crippen LogP) is 2.98.